The molecule has 1 aromatic heterocycles. The first-order valence-corrected chi connectivity index (χ1v) is 9.67. The van der Waals surface area contributed by atoms with Crippen molar-refractivity contribution in [3.63, 3.8) is 0 Å². The van der Waals surface area contributed by atoms with E-state index in [2.05, 4.69) is 37.3 Å². The molecule has 2 aromatic rings. The average molecular weight is 447 g/mol. The summed E-state index contributed by atoms with van der Waals surface area (Å²) < 4.78 is 5.48. The van der Waals surface area contributed by atoms with Crippen molar-refractivity contribution in [1.82, 2.24) is 5.32 Å². The van der Waals surface area contributed by atoms with Crippen LogP contribution in [0.15, 0.2) is 49.4 Å². The predicted molar refractivity (Wildman–Crippen MR) is 109 cm³/mol. The molecule has 1 aromatic carbocycles. The van der Waals surface area contributed by atoms with Crippen molar-refractivity contribution >= 4 is 56.2 Å². The zero-order chi connectivity index (χ0) is 19.6. The van der Waals surface area contributed by atoms with Gasteiger partial charge < -0.3 is 4.42 Å². The molecule has 138 valence electrons. The van der Waals surface area contributed by atoms with E-state index in [1.807, 2.05) is 26.0 Å². The van der Waals surface area contributed by atoms with Gasteiger partial charge in [-0.2, -0.15) is 4.99 Å². The summed E-state index contributed by atoms with van der Waals surface area (Å²) >= 11 is 4.40. The summed E-state index contributed by atoms with van der Waals surface area (Å²) in [6, 6.07) is 9.12. The van der Waals surface area contributed by atoms with E-state index >= 15 is 0 Å². The van der Waals surface area contributed by atoms with Gasteiger partial charge in [-0.1, -0.05) is 35.5 Å². The van der Waals surface area contributed by atoms with Crippen LogP contribution < -0.4 is 5.32 Å². The van der Waals surface area contributed by atoms with Gasteiger partial charge in [-0.05, 0) is 53.0 Å². The Morgan fingerprint density at radius 3 is 2.78 bits per heavy atom. The van der Waals surface area contributed by atoms with Gasteiger partial charge in [0.1, 0.15) is 0 Å². The monoisotopic (exact) mass is 446 g/mol. The fraction of sp³-hybridized carbons (Fsp3) is 0.167. The number of nitrogens with zero attached hydrogens (tertiary/aromatic N) is 2. The minimum Gasteiger partial charge on any atom is -0.444 e. The second-order valence-electron chi connectivity index (χ2n) is 5.81. The molecule has 3 rings (SSSR count). The standard InChI is InChI=1S/C18H15BrN4O3S/c1-9-3-4-10(2)11(7-9)8-27-18-22-15(20)14(17(25)23-18)21-16(24)12-5-6-13(19)26-12/h3-7H,8H2,1-2H3,(H2,20,22,23,25). The SMILES string of the molecule is Cc1ccc(C)c(CSC2=NC(=N)C(=NC(=O)c3ccc(Br)o3)C(=O)N2)c1. The maximum atomic E-state index is 12.3. The van der Waals surface area contributed by atoms with Gasteiger partial charge in [0, 0.05) is 5.75 Å². The van der Waals surface area contributed by atoms with E-state index in [-0.39, 0.29) is 17.3 Å². The predicted octanol–water partition coefficient (Wildman–Crippen LogP) is 3.64. The minimum absolute atomic E-state index is 0.0333. The highest BCUT2D eigenvalue weighted by molar-refractivity contribution is 9.10. The van der Waals surface area contributed by atoms with Crippen LogP contribution in [0, 0.1) is 19.3 Å². The highest BCUT2D eigenvalue weighted by Gasteiger charge is 2.26. The van der Waals surface area contributed by atoms with Gasteiger partial charge in [0.2, 0.25) is 0 Å². The summed E-state index contributed by atoms with van der Waals surface area (Å²) in [5, 5.41) is 10.8. The van der Waals surface area contributed by atoms with Crippen LogP contribution in [0.1, 0.15) is 27.2 Å². The van der Waals surface area contributed by atoms with E-state index in [1.54, 1.807) is 6.07 Å². The van der Waals surface area contributed by atoms with Crippen LogP contribution in [0.2, 0.25) is 0 Å². The lowest BCUT2D eigenvalue weighted by Gasteiger charge is -2.15. The van der Waals surface area contributed by atoms with Crippen LogP contribution in [-0.2, 0) is 10.5 Å². The third-order valence-corrected chi connectivity index (χ3v) is 5.09. The van der Waals surface area contributed by atoms with Crippen molar-refractivity contribution in [2.45, 2.75) is 19.6 Å². The molecule has 0 saturated carbocycles. The van der Waals surface area contributed by atoms with E-state index in [1.165, 1.54) is 17.8 Å². The van der Waals surface area contributed by atoms with E-state index in [0.717, 1.165) is 16.7 Å². The summed E-state index contributed by atoms with van der Waals surface area (Å²) in [7, 11) is 0. The Hall–Kier alpha value is -2.52. The van der Waals surface area contributed by atoms with Crippen LogP contribution in [0.4, 0.5) is 0 Å². The largest absolute Gasteiger partial charge is 0.444 e. The van der Waals surface area contributed by atoms with E-state index < -0.39 is 11.8 Å². The number of aliphatic imine (C=N–C) groups is 2. The number of amidine groups is 2. The number of aryl methyl sites for hydroxylation is 2. The molecular formula is C18H15BrN4O3S. The van der Waals surface area contributed by atoms with Crippen molar-refractivity contribution in [3.8, 4) is 0 Å². The number of benzene rings is 1. The zero-order valence-electron chi connectivity index (χ0n) is 14.5. The molecule has 1 aliphatic rings. The molecule has 0 saturated heterocycles. The van der Waals surface area contributed by atoms with Gasteiger partial charge in [-0.25, -0.2) is 4.99 Å². The second kappa shape index (κ2) is 8.01. The second-order valence-corrected chi connectivity index (χ2v) is 7.55. The van der Waals surface area contributed by atoms with Gasteiger partial charge in [-0.3, -0.25) is 20.3 Å². The first kappa shape index (κ1) is 19.2. The number of furan rings is 1. The number of thioether (sulfide) groups is 1. The Labute approximate surface area is 168 Å². The van der Waals surface area contributed by atoms with E-state index in [0.29, 0.717) is 15.6 Å². The van der Waals surface area contributed by atoms with Crippen LogP contribution in [-0.4, -0.2) is 28.5 Å². The molecule has 9 heteroatoms. The van der Waals surface area contributed by atoms with Crippen molar-refractivity contribution in [2.75, 3.05) is 0 Å². The Balaban J connectivity index is 1.73. The summed E-state index contributed by atoms with van der Waals surface area (Å²) in [5.41, 5.74) is 3.07. The number of rotatable bonds is 3. The lowest BCUT2D eigenvalue weighted by atomic mass is 10.1. The third kappa shape index (κ3) is 4.61. The fourth-order valence-electron chi connectivity index (χ4n) is 2.31. The van der Waals surface area contributed by atoms with Crippen LogP contribution in [0.25, 0.3) is 0 Å². The summed E-state index contributed by atoms with van der Waals surface area (Å²) in [6.45, 7) is 4.03. The smallest absolute Gasteiger partial charge is 0.313 e. The summed E-state index contributed by atoms with van der Waals surface area (Å²) in [6.07, 6.45) is 0. The number of carbonyl (C=O) groups excluding carboxylic acids is 2. The quantitative estimate of drug-likeness (QED) is 0.749. The molecule has 0 radical (unpaired) electrons. The first-order valence-electron chi connectivity index (χ1n) is 7.89. The molecule has 2 amide bonds. The molecule has 0 aliphatic carbocycles. The molecule has 0 unspecified atom stereocenters. The fourth-order valence-corrected chi connectivity index (χ4v) is 3.54. The van der Waals surface area contributed by atoms with E-state index in [9.17, 15) is 9.59 Å². The van der Waals surface area contributed by atoms with Gasteiger partial charge >= 0.3 is 5.91 Å². The van der Waals surface area contributed by atoms with Crippen molar-refractivity contribution in [2.24, 2.45) is 9.98 Å². The molecule has 0 spiro atoms. The molecule has 0 fully saturated rings. The van der Waals surface area contributed by atoms with Gasteiger partial charge in [0.05, 0.1) is 0 Å². The number of amides is 2. The Morgan fingerprint density at radius 2 is 2.11 bits per heavy atom. The van der Waals surface area contributed by atoms with Gasteiger partial charge in [0.25, 0.3) is 5.91 Å². The third-order valence-electron chi connectivity index (χ3n) is 3.74. The van der Waals surface area contributed by atoms with E-state index in [4.69, 9.17) is 9.83 Å². The highest BCUT2D eigenvalue weighted by atomic mass is 79.9. The first-order chi connectivity index (χ1) is 12.8. The summed E-state index contributed by atoms with van der Waals surface area (Å²) in [4.78, 5) is 32.0. The molecule has 7 nitrogen and oxygen atoms in total. The Morgan fingerprint density at radius 1 is 1.33 bits per heavy atom. The molecule has 2 N–H and O–H groups in total. The molecular weight excluding hydrogens is 432 g/mol. The average Bonchev–Trinajstić information content (AvgIpc) is 3.05. The maximum absolute atomic E-state index is 12.3. The van der Waals surface area contributed by atoms with Crippen LogP contribution in [0.3, 0.4) is 0 Å². The maximum Gasteiger partial charge on any atom is 0.313 e. The minimum atomic E-state index is -0.753. The van der Waals surface area contributed by atoms with Crippen molar-refractivity contribution in [1.29, 1.82) is 5.41 Å². The Bertz CT molecular complexity index is 1010. The Kier molecular flexibility index (Phi) is 5.71. The zero-order valence-corrected chi connectivity index (χ0v) is 16.9. The van der Waals surface area contributed by atoms with Crippen LogP contribution >= 0.6 is 27.7 Å². The number of hydrogen-bond acceptors (Lipinski definition) is 5. The number of hydrogen-bond donors (Lipinski definition) is 2. The topological polar surface area (TPSA) is 108 Å². The van der Waals surface area contributed by atoms with Gasteiger partial charge in [0.15, 0.2) is 27.1 Å². The highest BCUT2D eigenvalue weighted by Crippen LogP contribution is 2.20. The van der Waals surface area contributed by atoms with Crippen LogP contribution in [0.5, 0.6) is 0 Å². The lowest BCUT2D eigenvalue weighted by molar-refractivity contribution is -0.113. The van der Waals surface area contributed by atoms with Crippen molar-refractivity contribution < 1.29 is 14.0 Å². The number of halogens is 1. The van der Waals surface area contributed by atoms with Crippen molar-refractivity contribution in [3.05, 3.63) is 57.5 Å². The molecule has 2 heterocycles. The van der Waals surface area contributed by atoms with Gasteiger partial charge in [-0.15, -0.1) is 0 Å². The number of carbonyl (C=O) groups is 2. The lowest BCUT2D eigenvalue weighted by Crippen LogP contribution is -2.43. The molecule has 1 aliphatic heterocycles. The molecule has 27 heavy (non-hydrogen) atoms. The normalized spacial score (nSPS) is 15.7. The molecule has 0 bridgehead atoms. The summed E-state index contributed by atoms with van der Waals surface area (Å²) in [5.74, 6) is -1.18. The number of nitrogens with one attached hydrogen (secondary N) is 2. The molecule has 0 atom stereocenters.